The van der Waals surface area contributed by atoms with Gasteiger partial charge in [-0.05, 0) is 6.92 Å². The lowest BCUT2D eigenvalue weighted by molar-refractivity contribution is -0.137. The largest absolute Gasteiger partial charge is 0.480 e. The van der Waals surface area contributed by atoms with Gasteiger partial charge in [0.2, 0.25) is 0 Å². The number of thioether (sulfide) groups is 1. The second kappa shape index (κ2) is 4.71. The van der Waals surface area contributed by atoms with Crippen molar-refractivity contribution >= 4 is 28.6 Å². The van der Waals surface area contributed by atoms with Gasteiger partial charge in [-0.15, -0.1) is 11.8 Å². The first-order chi connectivity index (χ1) is 8.08. The fourth-order valence-corrected chi connectivity index (χ4v) is 2.54. The van der Waals surface area contributed by atoms with Crippen LogP contribution in [-0.2, 0) is 4.79 Å². The molecule has 0 amide bonds. The monoisotopic (exact) mass is 249 g/mol. The third kappa shape index (κ3) is 2.55. The van der Waals surface area contributed by atoms with Crippen molar-refractivity contribution in [3.8, 4) is 0 Å². The highest BCUT2D eigenvalue weighted by molar-refractivity contribution is 8.14. The molecule has 1 aromatic rings. The van der Waals surface area contributed by atoms with Gasteiger partial charge >= 0.3 is 5.97 Å². The molecule has 0 bridgehead atoms. The van der Waals surface area contributed by atoms with Crippen LogP contribution in [0.5, 0.6) is 0 Å². The highest BCUT2D eigenvalue weighted by Crippen LogP contribution is 2.23. The minimum absolute atomic E-state index is 0.0148. The predicted octanol–water partition coefficient (Wildman–Crippen LogP) is 1.84. The summed E-state index contributed by atoms with van der Waals surface area (Å²) in [5, 5.41) is 9.56. The highest BCUT2D eigenvalue weighted by atomic mass is 32.2. The Kier molecular flexibility index (Phi) is 3.28. The third-order valence-electron chi connectivity index (χ3n) is 2.47. The lowest BCUT2D eigenvalue weighted by Crippen LogP contribution is -2.17. The number of aliphatic carboxylic acids is 1. The van der Waals surface area contributed by atoms with Crippen LogP contribution in [-0.4, -0.2) is 33.7 Å². The summed E-state index contributed by atoms with van der Waals surface area (Å²) in [6.07, 6.45) is 0. The van der Waals surface area contributed by atoms with Gasteiger partial charge in [-0.1, -0.05) is 24.3 Å². The van der Waals surface area contributed by atoms with E-state index >= 15 is 0 Å². The van der Waals surface area contributed by atoms with Gasteiger partial charge in [-0.25, -0.2) is 4.79 Å². The standard InChI is InChI=1S/C12H11NO3S/c1-7(14)8-2-4-9(5-3-8)11-13-10(6-17-11)12(15)16/h2-5,10H,6H2,1H3,(H,15,16)/t10-/m0/s1. The molecule has 0 spiro atoms. The zero-order valence-electron chi connectivity index (χ0n) is 9.21. The van der Waals surface area contributed by atoms with Crippen molar-refractivity contribution in [3.63, 3.8) is 0 Å². The molecule has 1 aliphatic rings. The first-order valence-corrected chi connectivity index (χ1v) is 6.11. The molecule has 0 unspecified atom stereocenters. The Bertz CT molecular complexity index is 493. The van der Waals surface area contributed by atoms with E-state index in [2.05, 4.69) is 4.99 Å². The van der Waals surface area contributed by atoms with Crippen LogP contribution in [0.25, 0.3) is 0 Å². The Morgan fingerprint density at radius 1 is 1.35 bits per heavy atom. The predicted molar refractivity (Wildman–Crippen MR) is 66.9 cm³/mol. The number of nitrogens with zero attached hydrogens (tertiary/aromatic N) is 1. The van der Waals surface area contributed by atoms with Gasteiger partial charge in [0.25, 0.3) is 0 Å². The lowest BCUT2D eigenvalue weighted by Gasteiger charge is -2.00. The Labute approximate surface area is 103 Å². The Hall–Kier alpha value is -1.62. The molecule has 17 heavy (non-hydrogen) atoms. The molecule has 1 heterocycles. The fraction of sp³-hybridized carbons (Fsp3) is 0.250. The summed E-state index contributed by atoms with van der Waals surface area (Å²) in [5.74, 6) is -0.409. The Morgan fingerprint density at radius 3 is 2.47 bits per heavy atom. The van der Waals surface area contributed by atoms with Crippen molar-refractivity contribution < 1.29 is 14.7 Å². The number of hydrogen-bond donors (Lipinski definition) is 1. The molecule has 2 rings (SSSR count). The smallest absolute Gasteiger partial charge is 0.329 e. The van der Waals surface area contributed by atoms with Crippen LogP contribution in [0.1, 0.15) is 22.8 Å². The number of hydrogen-bond acceptors (Lipinski definition) is 4. The van der Waals surface area contributed by atoms with Crippen LogP contribution in [0.2, 0.25) is 0 Å². The van der Waals surface area contributed by atoms with Crippen molar-refractivity contribution in [2.75, 3.05) is 5.75 Å². The molecule has 0 aliphatic carbocycles. The fourth-order valence-electron chi connectivity index (χ4n) is 1.51. The number of carboxylic acids is 1. The molecule has 1 N–H and O–H groups in total. The molecule has 1 aromatic carbocycles. The number of aliphatic imine (C=N–C) groups is 1. The Morgan fingerprint density at radius 2 is 2.00 bits per heavy atom. The van der Waals surface area contributed by atoms with E-state index in [9.17, 15) is 9.59 Å². The van der Waals surface area contributed by atoms with Gasteiger partial charge in [-0.3, -0.25) is 9.79 Å². The lowest BCUT2D eigenvalue weighted by atomic mass is 10.1. The Balaban J connectivity index is 2.21. The van der Waals surface area contributed by atoms with E-state index in [1.165, 1.54) is 18.7 Å². The molecule has 0 aromatic heterocycles. The number of carboxylic acid groups (broad SMARTS) is 1. The zero-order chi connectivity index (χ0) is 12.4. The minimum atomic E-state index is -0.896. The minimum Gasteiger partial charge on any atom is -0.480 e. The van der Waals surface area contributed by atoms with E-state index < -0.39 is 12.0 Å². The highest BCUT2D eigenvalue weighted by Gasteiger charge is 2.24. The molecule has 4 nitrogen and oxygen atoms in total. The number of benzene rings is 1. The van der Waals surface area contributed by atoms with Crippen LogP contribution in [0.4, 0.5) is 0 Å². The number of carbonyl (C=O) groups is 2. The molecule has 1 aliphatic heterocycles. The number of ketones is 1. The molecule has 0 radical (unpaired) electrons. The van der Waals surface area contributed by atoms with E-state index in [0.29, 0.717) is 11.3 Å². The molecule has 0 fully saturated rings. The van der Waals surface area contributed by atoms with Crippen molar-refractivity contribution in [1.82, 2.24) is 0 Å². The maximum absolute atomic E-state index is 11.1. The first-order valence-electron chi connectivity index (χ1n) is 5.12. The molecule has 0 saturated heterocycles. The van der Waals surface area contributed by atoms with E-state index in [4.69, 9.17) is 5.11 Å². The van der Waals surface area contributed by atoms with Crippen LogP contribution >= 0.6 is 11.8 Å². The van der Waals surface area contributed by atoms with Gasteiger partial charge in [0, 0.05) is 16.9 Å². The number of Topliss-reactive ketones (excluding diaryl/α,β-unsaturated/α-hetero) is 1. The second-order valence-corrected chi connectivity index (χ2v) is 4.74. The second-order valence-electron chi connectivity index (χ2n) is 3.73. The average Bonchev–Trinajstić information content (AvgIpc) is 2.78. The zero-order valence-corrected chi connectivity index (χ0v) is 10.0. The third-order valence-corrected chi connectivity index (χ3v) is 3.57. The van der Waals surface area contributed by atoms with E-state index in [1.807, 2.05) is 0 Å². The van der Waals surface area contributed by atoms with E-state index in [-0.39, 0.29) is 5.78 Å². The topological polar surface area (TPSA) is 66.7 Å². The first kappa shape index (κ1) is 11.9. The van der Waals surface area contributed by atoms with Gasteiger partial charge in [-0.2, -0.15) is 0 Å². The van der Waals surface area contributed by atoms with Crippen LogP contribution < -0.4 is 0 Å². The van der Waals surface area contributed by atoms with Crippen LogP contribution in [0, 0.1) is 0 Å². The molecule has 5 heteroatoms. The van der Waals surface area contributed by atoms with Crippen LogP contribution in [0.15, 0.2) is 29.3 Å². The normalized spacial score (nSPS) is 18.9. The quantitative estimate of drug-likeness (QED) is 0.830. The average molecular weight is 249 g/mol. The van der Waals surface area contributed by atoms with E-state index in [1.54, 1.807) is 24.3 Å². The number of carbonyl (C=O) groups excluding carboxylic acids is 1. The summed E-state index contributed by atoms with van der Waals surface area (Å²) in [4.78, 5) is 26.0. The van der Waals surface area contributed by atoms with E-state index in [0.717, 1.165) is 10.6 Å². The molecular formula is C12H11NO3S. The van der Waals surface area contributed by atoms with Gasteiger partial charge < -0.3 is 5.11 Å². The summed E-state index contributed by atoms with van der Waals surface area (Å²) in [7, 11) is 0. The SMILES string of the molecule is CC(=O)c1ccc(C2=N[C@H](C(=O)O)CS2)cc1. The maximum atomic E-state index is 11.1. The molecular weight excluding hydrogens is 238 g/mol. The summed E-state index contributed by atoms with van der Waals surface area (Å²) < 4.78 is 0. The summed E-state index contributed by atoms with van der Waals surface area (Å²) >= 11 is 1.43. The maximum Gasteiger partial charge on any atom is 0.329 e. The summed E-state index contributed by atoms with van der Waals surface area (Å²) in [6.45, 7) is 1.51. The van der Waals surface area contributed by atoms with Crippen molar-refractivity contribution in [1.29, 1.82) is 0 Å². The van der Waals surface area contributed by atoms with Gasteiger partial charge in [0.05, 0.1) is 5.04 Å². The molecule has 0 saturated carbocycles. The van der Waals surface area contributed by atoms with Crippen molar-refractivity contribution in [2.24, 2.45) is 4.99 Å². The molecule has 1 atom stereocenters. The molecule has 88 valence electrons. The van der Waals surface area contributed by atoms with Gasteiger partial charge in [0.15, 0.2) is 11.8 Å². The van der Waals surface area contributed by atoms with Crippen molar-refractivity contribution in [2.45, 2.75) is 13.0 Å². The summed E-state index contributed by atoms with van der Waals surface area (Å²) in [5.41, 5.74) is 1.51. The van der Waals surface area contributed by atoms with Crippen molar-refractivity contribution in [3.05, 3.63) is 35.4 Å². The number of rotatable bonds is 3. The summed E-state index contributed by atoms with van der Waals surface area (Å²) in [6, 6.07) is 6.41. The van der Waals surface area contributed by atoms with Crippen LogP contribution in [0.3, 0.4) is 0 Å². The van der Waals surface area contributed by atoms with Gasteiger partial charge in [0.1, 0.15) is 0 Å².